The number of methoxy groups -OCH3 is 1. The molecule has 5 heteroatoms. The topological polar surface area (TPSA) is 27.1 Å². The Kier molecular flexibility index (Phi) is 4.30. The first-order chi connectivity index (χ1) is 8.52. The van der Waals surface area contributed by atoms with Crippen LogP contribution in [0.1, 0.15) is 25.0 Å². The maximum absolute atomic E-state index is 6.21. The minimum Gasteiger partial charge on any atom is -0.380 e. The van der Waals surface area contributed by atoms with Gasteiger partial charge in [-0.05, 0) is 32.0 Å². The van der Waals surface area contributed by atoms with Crippen molar-refractivity contribution >= 4 is 38.6 Å². The summed E-state index contributed by atoms with van der Waals surface area (Å²) in [6.45, 7) is 4.72. The predicted molar refractivity (Wildman–Crippen MR) is 78.2 cm³/mol. The van der Waals surface area contributed by atoms with E-state index in [2.05, 4.69) is 31.5 Å². The Labute approximate surface area is 120 Å². The largest absolute Gasteiger partial charge is 0.380 e. The normalized spacial score (nSPS) is 14.9. The molecule has 98 valence electrons. The number of nitrogens with zero attached hydrogens (tertiary/aromatic N) is 2. The van der Waals surface area contributed by atoms with Crippen LogP contribution in [-0.2, 0) is 11.3 Å². The minimum atomic E-state index is -0.125. The number of halogens is 2. The summed E-state index contributed by atoms with van der Waals surface area (Å²) < 4.78 is 8.48. The molecule has 0 aliphatic heterocycles. The van der Waals surface area contributed by atoms with E-state index in [0.29, 0.717) is 0 Å². The van der Waals surface area contributed by atoms with E-state index in [1.165, 1.54) is 0 Å². The van der Waals surface area contributed by atoms with E-state index in [1.54, 1.807) is 7.11 Å². The summed E-state index contributed by atoms with van der Waals surface area (Å²) in [7, 11) is 1.71. The van der Waals surface area contributed by atoms with Crippen molar-refractivity contribution in [1.29, 1.82) is 0 Å². The third-order valence-corrected chi connectivity index (χ3v) is 3.63. The van der Waals surface area contributed by atoms with Crippen LogP contribution in [-0.4, -0.2) is 22.8 Å². The summed E-state index contributed by atoms with van der Waals surface area (Å²) in [4.78, 5) is 4.61. The third-order valence-electron chi connectivity index (χ3n) is 2.94. The molecule has 2 aromatic rings. The molecule has 0 bridgehead atoms. The minimum absolute atomic E-state index is 0.125. The van der Waals surface area contributed by atoms with Crippen LogP contribution >= 0.6 is 27.5 Å². The van der Waals surface area contributed by atoms with Crippen LogP contribution in [0, 0.1) is 0 Å². The van der Waals surface area contributed by atoms with Gasteiger partial charge < -0.3 is 9.30 Å². The summed E-state index contributed by atoms with van der Waals surface area (Å²) >= 11 is 9.67. The quantitative estimate of drug-likeness (QED) is 0.788. The molecule has 0 fully saturated rings. The summed E-state index contributed by atoms with van der Waals surface area (Å²) in [6.07, 6.45) is 0.125. The van der Waals surface area contributed by atoms with Crippen molar-refractivity contribution in [2.24, 2.45) is 0 Å². The van der Waals surface area contributed by atoms with E-state index in [-0.39, 0.29) is 11.5 Å². The van der Waals surface area contributed by atoms with Crippen molar-refractivity contribution in [3.05, 3.63) is 28.5 Å². The van der Waals surface area contributed by atoms with Crippen molar-refractivity contribution in [2.75, 3.05) is 7.11 Å². The molecular weight excluding hydrogens is 316 g/mol. The van der Waals surface area contributed by atoms with E-state index >= 15 is 0 Å². The van der Waals surface area contributed by atoms with Crippen LogP contribution in [0.5, 0.6) is 0 Å². The summed E-state index contributed by atoms with van der Waals surface area (Å²) in [5.74, 6) is 0.883. The monoisotopic (exact) mass is 330 g/mol. The number of alkyl halides is 1. The van der Waals surface area contributed by atoms with Crippen LogP contribution in [0.2, 0.25) is 0 Å². The number of hydrogen-bond acceptors (Lipinski definition) is 2. The van der Waals surface area contributed by atoms with Gasteiger partial charge in [0.05, 0.1) is 29.1 Å². The van der Waals surface area contributed by atoms with Crippen LogP contribution in [0.3, 0.4) is 0 Å². The van der Waals surface area contributed by atoms with E-state index in [4.69, 9.17) is 16.3 Å². The zero-order valence-corrected chi connectivity index (χ0v) is 13.0. The van der Waals surface area contributed by atoms with Gasteiger partial charge in [-0.2, -0.15) is 0 Å². The lowest BCUT2D eigenvalue weighted by Crippen LogP contribution is -2.16. The number of ether oxygens (including phenoxy) is 1. The van der Waals surface area contributed by atoms with Gasteiger partial charge in [0, 0.05) is 11.6 Å². The van der Waals surface area contributed by atoms with E-state index in [0.717, 1.165) is 27.9 Å². The Morgan fingerprint density at radius 1 is 1.44 bits per heavy atom. The second kappa shape index (κ2) is 5.59. The van der Waals surface area contributed by atoms with Gasteiger partial charge in [-0.1, -0.05) is 15.9 Å². The highest BCUT2D eigenvalue weighted by Crippen LogP contribution is 2.27. The van der Waals surface area contributed by atoms with Gasteiger partial charge >= 0.3 is 0 Å². The van der Waals surface area contributed by atoms with Crippen LogP contribution < -0.4 is 0 Å². The first kappa shape index (κ1) is 13.8. The molecule has 0 spiro atoms. The van der Waals surface area contributed by atoms with Crippen molar-refractivity contribution in [1.82, 2.24) is 9.55 Å². The standard InChI is InChI=1S/C13H16BrClN2O/c1-8(18-3)7-17-12-5-4-10(14)6-11(12)16-13(17)9(2)15/h4-6,8-9H,7H2,1-3H3. The van der Waals surface area contributed by atoms with Gasteiger partial charge in [-0.3, -0.25) is 0 Å². The summed E-state index contributed by atoms with van der Waals surface area (Å²) in [5, 5.41) is -0.125. The Bertz CT molecular complexity index is 553. The molecular formula is C13H16BrClN2O. The van der Waals surface area contributed by atoms with E-state index in [1.807, 2.05) is 26.0 Å². The third kappa shape index (κ3) is 2.71. The molecule has 18 heavy (non-hydrogen) atoms. The average molecular weight is 332 g/mol. The predicted octanol–water partition coefficient (Wildman–Crippen LogP) is 4.13. The second-order valence-corrected chi connectivity index (χ2v) is 5.95. The maximum atomic E-state index is 6.21. The van der Waals surface area contributed by atoms with Gasteiger partial charge in [0.15, 0.2) is 0 Å². The number of hydrogen-bond donors (Lipinski definition) is 0. The number of benzene rings is 1. The highest BCUT2D eigenvalue weighted by molar-refractivity contribution is 9.10. The Morgan fingerprint density at radius 3 is 2.78 bits per heavy atom. The molecule has 3 nitrogen and oxygen atoms in total. The molecule has 1 heterocycles. The lowest BCUT2D eigenvalue weighted by Gasteiger charge is -2.14. The molecule has 0 saturated carbocycles. The molecule has 2 rings (SSSR count). The molecule has 1 aromatic heterocycles. The molecule has 0 saturated heterocycles. The molecule has 0 amide bonds. The van der Waals surface area contributed by atoms with Crippen molar-refractivity contribution < 1.29 is 4.74 Å². The van der Waals surface area contributed by atoms with Gasteiger partial charge in [0.25, 0.3) is 0 Å². The van der Waals surface area contributed by atoms with E-state index in [9.17, 15) is 0 Å². The van der Waals surface area contributed by atoms with E-state index < -0.39 is 0 Å². The Morgan fingerprint density at radius 2 is 2.17 bits per heavy atom. The lowest BCUT2D eigenvalue weighted by atomic mass is 10.3. The number of imidazole rings is 1. The molecule has 0 N–H and O–H groups in total. The fraction of sp³-hybridized carbons (Fsp3) is 0.462. The number of rotatable bonds is 4. The molecule has 0 aliphatic rings. The highest BCUT2D eigenvalue weighted by atomic mass is 79.9. The summed E-state index contributed by atoms with van der Waals surface area (Å²) in [5.41, 5.74) is 2.04. The van der Waals surface area contributed by atoms with Gasteiger partial charge in [0.2, 0.25) is 0 Å². The van der Waals surface area contributed by atoms with Crippen LogP contribution in [0.4, 0.5) is 0 Å². The number of aromatic nitrogens is 2. The SMILES string of the molecule is COC(C)Cn1c(C(C)Cl)nc2cc(Br)ccc21. The smallest absolute Gasteiger partial charge is 0.127 e. The van der Waals surface area contributed by atoms with Gasteiger partial charge in [-0.25, -0.2) is 4.98 Å². The van der Waals surface area contributed by atoms with Crippen molar-refractivity contribution in [2.45, 2.75) is 31.9 Å². The Balaban J connectivity index is 2.55. The van der Waals surface area contributed by atoms with Crippen LogP contribution in [0.15, 0.2) is 22.7 Å². The molecule has 2 atom stereocenters. The zero-order valence-electron chi connectivity index (χ0n) is 10.7. The molecule has 0 radical (unpaired) electrons. The maximum Gasteiger partial charge on any atom is 0.127 e. The van der Waals surface area contributed by atoms with Crippen molar-refractivity contribution in [3.8, 4) is 0 Å². The van der Waals surface area contributed by atoms with Gasteiger partial charge in [0.1, 0.15) is 5.82 Å². The lowest BCUT2D eigenvalue weighted by molar-refractivity contribution is 0.103. The zero-order chi connectivity index (χ0) is 13.3. The number of fused-ring (bicyclic) bond motifs is 1. The first-order valence-electron chi connectivity index (χ1n) is 5.85. The Hall–Kier alpha value is -0.580. The van der Waals surface area contributed by atoms with Crippen LogP contribution in [0.25, 0.3) is 11.0 Å². The average Bonchev–Trinajstić information content (AvgIpc) is 2.67. The van der Waals surface area contributed by atoms with Gasteiger partial charge in [-0.15, -0.1) is 11.6 Å². The first-order valence-corrected chi connectivity index (χ1v) is 7.08. The molecule has 2 unspecified atom stereocenters. The van der Waals surface area contributed by atoms with Crippen molar-refractivity contribution in [3.63, 3.8) is 0 Å². The fourth-order valence-corrected chi connectivity index (χ4v) is 2.46. The highest BCUT2D eigenvalue weighted by Gasteiger charge is 2.16. The molecule has 1 aromatic carbocycles. The second-order valence-electron chi connectivity index (χ2n) is 4.38. The fourth-order valence-electron chi connectivity index (χ4n) is 1.95. The summed E-state index contributed by atoms with van der Waals surface area (Å²) in [6, 6.07) is 6.07. The molecule has 0 aliphatic carbocycles.